The number of benzene rings is 1. The van der Waals surface area contributed by atoms with Crippen LogP contribution < -0.4 is 10.6 Å². The van der Waals surface area contributed by atoms with Crippen molar-refractivity contribution in [2.75, 3.05) is 24.7 Å². The van der Waals surface area contributed by atoms with Crippen LogP contribution in [0.1, 0.15) is 16.8 Å². The van der Waals surface area contributed by atoms with E-state index in [4.69, 9.17) is 11.6 Å². The number of nitrogens with one attached hydrogen (secondary N) is 2. The first kappa shape index (κ1) is 19.9. The summed E-state index contributed by atoms with van der Waals surface area (Å²) in [6.07, 6.45) is -3.22. The number of nitrogens with zero attached hydrogens (tertiary/aromatic N) is 3. The smallest absolute Gasteiger partial charge is 0.308 e. The van der Waals surface area contributed by atoms with E-state index in [1.807, 2.05) is 0 Å². The van der Waals surface area contributed by atoms with Crippen molar-refractivity contribution in [3.05, 3.63) is 46.5 Å². The molecule has 0 bridgehead atoms. The van der Waals surface area contributed by atoms with Gasteiger partial charge < -0.3 is 15.5 Å². The zero-order chi connectivity index (χ0) is 19.5. The minimum absolute atomic E-state index is 0.0184. The largest absolute Gasteiger partial charge is 0.416 e. The first-order valence-corrected chi connectivity index (χ1v) is 7.86. The Kier molecular flexibility index (Phi) is 6.04. The molecule has 0 aliphatic carbocycles. The van der Waals surface area contributed by atoms with Crippen molar-refractivity contribution in [1.29, 1.82) is 0 Å². The van der Waals surface area contributed by atoms with Crippen LogP contribution >= 0.6 is 11.6 Å². The molecule has 2 rings (SSSR count). The number of aryl methyl sites for hydroxylation is 1. The van der Waals surface area contributed by atoms with E-state index in [2.05, 4.69) is 20.6 Å². The Morgan fingerprint density at radius 2 is 1.96 bits per heavy atom. The van der Waals surface area contributed by atoms with Gasteiger partial charge in [-0.05, 0) is 50.3 Å². The maximum absolute atomic E-state index is 13.3. The number of urea groups is 1. The van der Waals surface area contributed by atoms with Gasteiger partial charge in [-0.3, -0.25) is 0 Å². The van der Waals surface area contributed by atoms with Crippen molar-refractivity contribution < 1.29 is 18.0 Å². The van der Waals surface area contributed by atoms with E-state index in [1.165, 1.54) is 18.3 Å². The number of rotatable bonds is 4. The summed E-state index contributed by atoms with van der Waals surface area (Å²) in [5.74, 6) is 0. The molecule has 26 heavy (non-hydrogen) atoms. The van der Waals surface area contributed by atoms with Crippen molar-refractivity contribution in [3.63, 3.8) is 0 Å². The van der Waals surface area contributed by atoms with Gasteiger partial charge in [-0.2, -0.15) is 13.2 Å². The van der Waals surface area contributed by atoms with Crippen molar-refractivity contribution in [3.8, 4) is 0 Å². The number of carbonyl (C=O) groups is 1. The Bertz CT molecular complexity index is 811. The lowest BCUT2D eigenvalue weighted by atomic mass is 10.1. The van der Waals surface area contributed by atoms with E-state index in [0.29, 0.717) is 11.4 Å². The molecule has 0 spiro atoms. The van der Waals surface area contributed by atoms with Crippen LogP contribution in [0.4, 0.5) is 29.3 Å². The first-order valence-electron chi connectivity index (χ1n) is 7.48. The fourth-order valence-electron chi connectivity index (χ4n) is 2.24. The second-order valence-electron chi connectivity index (χ2n) is 5.82. The van der Waals surface area contributed by atoms with Gasteiger partial charge in [-0.15, -0.1) is 0 Å². The van der Waals surface area contributed by atoms with E-state index in [-0.39, 0.29) is 23.1 Å². The van der Waals surface area contributed by atoms with Crippen LogP contribution in [0.15, 0.2) is 24.4 Å². The average Bonchev–Trinajstić information content (AvgIpc) is 2.50. The van der Waals surface area contributed by atoms with Gasteiger partial charge in [0, 0.05) is 12.2 Å². The van der Waals surface area contributed by atoms with Gasteiger partial charge in [0.1, 0.15) is 0 Å². The Balaban J connectivity index is 2.19. The van der Waals surface area contributed by atoms with Gasteiger partial charge >= 0.3 is 12.2 Å². The molecule has 1 aromatic carbocycles. The first-order chi connectivity index (χ1) is 12.1. The lowest BCUT2D eigenvalue weighted by Crippen LogP contribution is -2.21. The van der Waals surface area contributed by atoms with E-state index in [9.17, 15) is 18.0 Å². The van der Waals surface area contributed by atoms with Gasteiger partial charge in [0.15, 0.2) is 0 Å². The van der Waals surface area contributed by atoms with Crippen LogP contribution in [-0.2, 0) is 12.7 Å². The van der Waals surface area contributed by atoms with Crippen molar-refractivity contribution >= 4 is 29.0 Å². The minimum atomic E-state index is -4.53. The third-order valence-electron chi connectivity index (χ3n) is 3.36. The lowest BCUT2D eigenvalue weighted by Gasteiger charge is -2.18. The molecule has 0 atom stereocenters. The molecule has 2 N–H and O–H groups in total. The monoisotopic (exact) mass is 387 g/mol. The molecule has 1 heterocycles. The molecule has 0 aliphatic rings. The molecule has 1 aromatic heterocycles. The summed E-state index contributed by atoms with van der Waals surface area (Å²) >= 11 is 5.63. The number of anilines is 2. The van der Waals surface area contributed by atoms with Crippen molar-refractivity contribution in [2.45, 2.75) is 19.6 Å². The highest BCUT2D eigenvalue weighted by atomic mass is 35.5. The molecule has 6 nitrogen and oxygen atoms in total. The molecule has 2 aromatic rings. The number of hydrogen-bond acceptors (Lipinski definition) is 4. The highest BCUT2D eigenvalue weighted by Crippen LogP contribution is 2.34. The molecule has 0 saturated heterocycles. The molecular weight excluding hydrogens is 371 g/mol. The molecule has 0 unspecified atom stereocenters. The summed E-state index contributed by atoms with van der Waals surface area (Å²) in [4.78, 5) is 21.3. The summed E-state index contributed by atoms with van der Waals surface area (Å²) in [6, 6.07) is 2.95. The molecule has 0 saturated carbocycles. The SMILES string of the molecule is Cc1nc(Cl)ncc1NC(=O)Nc1ccc(CN(C)C)c(C(F)(F)F)c1. The topological polar surface area (TPSA) is 70.1 Å². The van der Waals surface area contributed by atoms with E-state index >= 15 is 0 Å². The zero-order valence-electron chi connectivity index (χ0n) is 14.3. The molecule has 0 aliphatic heterocycles. The number of amides is 2. The maximum Gasteiger partial charge on any atom is 0.416 e. The summed E-state index contributed by atoms with van der Waals surface area (Å²) in [5, 5.41) is 4.87. The summed E-state index contributed by atoms with van der Waals surface area (Å²) in [7, 11) is 3.35. The maximum atomic E-state index is 13.3. The fourth-order valence-corrected chi connectivity index (χ4v) is 2.42. The van der Waals surface area contributed by atoms with Gasteiger partial charge in [-0.1, -0.05) is 6.07 Å². The van der Waals surface area contributed by atoms with E-state index in [1.54, 1.807) is 25.9 Å². The molecular formula is C16H17ClF3N5O. The Hall–Kier alpha value is -2.39. The fraction of sp³-hybridized carbons (Fsp3) is 0.312. The van der Waals surface area contributed by atoms with Crippen LogP contribution in [0.3, 0.4) is 0 Å². The second-order valence-corrected chi connectivity index (χ2v) is 6.16. The van der Waals surface area contributed by atoms with Gasteiger partial charge in [0.05, 0.1) is 23.1 Å². The number of hydrogen-bond donors (Lipinski definition) is 2. The van der Waals surface area contributed by atoms with Crippen LogP contribution in [0.2, 0.25) is 5.28 Å². The summed E-state index contributed by atoms with van der Waals surface area (Å²) in [6.45, 7) is 1.74. The summed E-state index contributed by atoms with van der Waals surface area (Å²) in [5.41, 5.74) is 0.0694. The van der Waals surface area contributed by atoms with Gasteiger partial charge in [0.2, 0.25) is 5.28 Å². The number of aromatic nitrogens is 2. The quantitative estimate of drug-likeness (QED) is 0.773. The van der Waals surface area contributed by atoms with Crippen LogP contribution in [0, 0.1) is 6.92 Å². The van der Waals surface area contributed by atoms with E-state index < -0.39 is 17.8 Å². The third kappa shape index (κ3) is 5.30. The second kappa shape index (κ2) is 7.88. The molecule has 140 valence electrons. The number of halogens is 4. The average molecular weight is 388 g/mol. The van der Waals surface area contributed by atoms with Crippen molar-refractivity contribution in [2.24, 2.45) is 0 Å². The standard InChI is InChI=1S/C16H17ClF3N5O/c1-9-13(7-21-14(17)22-9)24-15(26)23-11-5-4-10(8-25(2)3)12(6-11)16(18,19)20/h4-7H,8H2,1-3H3,(H2,23,24,26). The van der Waals surface area contributed by atoms with Crippen LogP contribution in [-0.4, -0.2) is 35.0 Å². The van der Waals surface area contributed by atoms with Crippen LogP contribution in [0.5, 0.6) is 0 Å². The predicted octanol–water partition coefficient (Wildman–Crippen LogP) is 4.16. The number of carbonyl (C=O) groups excluding carboxylic acids is 1. The molecule has 0 fully saturated rings. The van der Waals surface area contributed by atoms with Crippen LogP contribution in [0.25, 0.3) is 0 Å². The molecule has 2 amide bonds. The normalized spacial score (nSPS) is 11.5. The Morgan fingerprint density at radius 1 is 1.27 bits per heavy atom. The third-order valence-corrected chi connectivity index (χ3v) is 3.54. The predicted molar refractivity (Wildman–Crippen MR) is 93.3 cm³/mol. The highest BCUT2D eigenvalue weighted by molar-refractivity contribution is 6.28. The van der Waals surface area contributed by atoms with Gasteiger partial charge in [-0.25, -0.2) is 14.8 Å². The van der Waals surface area contributed by atoms with E-state index in [0.717, 1.165) is 6.07 Å². The number of alkyl halides is 3. The van der Waals surface area contributed by atoms with Crippen molar-refractivity contribution in [1.82, 2.24) is 14.9 Å². The molecule has 10 heteroatoms. The minimum Gasteiger partial charge on any atom is -0.308 e. The zero-order valence-corrected chi connectivity index (χ0v) is 15.0. The lowest BCUT2D eigenvalue weighted by molar-refractivity contribution is -0.138. The Labute approximate surface area is 153 Å². The molecule has 0 radical (unpaired) electrons. The Morgan fingerprint density at radius 3 is 2.54 bits per heavy atom. The highest BCUT2D eigenvalue weighted by Gasteiger charge is 2.33. The van der Waals surface area contributed by atoms with Gasteiger partial charge in [0.25, 0.3) is 0 Å². The summed E-state index contributed by atoms with van der Waals surface area (Å²) < 4.78 is 39.8.